The number of aromatic nitrogens is 5. The van der Waals surface area contributed by atoms with Gasteiger partial charge in [-0.1, -0.05) is 243 Å². The molecule has 3 heterocycles. The van der Waals surface area contributed by atoms with Gasteiger partial charge < -0.3 is 4.57 Å². The van der Waals surface area contributed by atoms with Crippen LogP contribution in [0.5, 0.6) is 0 Å². The number of hydrogen-bond donors (Lipinski definition) is 0. The maximum Gasteiger partial charge on any atom is 0.238 e. The van der Waals surface area contributed by atoms with Crippen LogP contribution in [0, 0.1) is 0 Å². The first-order valence-corrected chi connectivity index (χ1v) is 25.1. The topological polar surface area (TPSA) is 48.5 Å². The van der Waals surface area contributed by atoms with Gasteiger partial charge in [0.15, 0.2) is 11.6 Å². The Balaban J connectivity index is 0.928. The van der Waals surface area contributed by atoms with Gasteiger partial charge in [-0.05, 0) is 80.4 Å². The molecule has 0 aliphatic carbocycles. The Kier molecular flexibility index (Phi) is 10.4. The first kappa shape index (κ1) is 42.9. The van der Waals surface area contributed by atoms with E-state index in [4.69, 9.17) is 15.0 Å². The SMILES string of the molecule is c1ccc(-c2cccc(-c3ccc(-c4ccc(-c5ccccc5-n5c6ccccc6c6ccc7c8ccccc8n(-c8nc(-c9ccccc9)nc(-c9cccc(-c%10ccccc%10)c9)n8)c7c65)cc4)cc3)c2)cc1. The third-order valence-electron chi connectivity index (χ3n) is 14.4. The molecule has 0 aliphatic rings. The van der Waals surface area contributed by atoms with Crippen LogP contribution in [0.1, 0.15) is 0 Å². The van der Waals surface area contributed by atoms with E-state index in [-0.39, 0.29) is 0 Å². The van der Waals surface area contributed by atoms with Crippen LogP contribution in [-0.2, 0) is 0 Å². The predicted octanol–water partition coefficient (Wildman–Crippen LogP) is 17.7. The van der Waals surface area contributed by atoms with Crippen molar-refractivity contribution < 1.29 is 0 Å². The molecular formula is C69H45N5. The molecule has 11 aromatic carbocycles. The van der Waals surface area contributed by atoms with Crippen molar-refractivity contribution in [3.05, 3.63) is 273 Å². The van der Waals surface area contributed by atoms with Crippen molar-refractivity contribution in [2.24, 2.45) is 0 Å². The molecule has 0 radical (unpaired) electrons. The summed E-state index contributed by atoms with van der Waals surface area (Å²) in [4.78, 5) is 16.0. The Morgan fingerprint density at radius 2 is 0.608 bits per heavy atom. The normalized spacial score (nSPS) is 11.5. The summed E-state index contributed by atoms with van der Waals surface area (Å²) in [6.45, 7) is 0. The fourth-order valence-corrected chi connectivity index (χ4v) is 10.9. The molecule has 14 rings (SSSR count). The lowest BCUT2D eigenvalue weighted by molar-refractivity contribution is 0.953. The van der Waals surface area contributed by atoms with E-state index >= 15 is 0 Å². The Morgan fingerprint density at radius 1 is 0.230 bits per heavy atom. The first-order chi connectivity index (χ1) is 36.7. The Labute approximate surface area is 428 Å². The summed E-state index contributed by atoms with van der Waals surface area (Å²) in [7, 11) is 0. The zero-order valence-corrected chi connectivity index (χ0v) is 40.2. The van der Waals surface area contributed by atoms with E-state index in [2.05, 4.69) is 258 Å². The van der Waals surface area contributed by atoms with Crippen molar-refractivity contribution in [2.45, 2.75) is 0 Å². The van der Waals surface area contributed by atoms with Crippen LogP contribution in [0.4, 0.5) is 0 Å². The van der Waals surface area contributed by atoms with Gasteiger partial charge in [-0.25, -0.2) is 4.98 Å². The molecular weight excluding hydrogens is 899 g/mol. The predicted molar refractivity (Wildman–Crippen MR) is 307 cm³/mol. The minimum Gasteiger partial charge on any atom is -0.307 e. The van der Waals surface area contributed by atoms with Crippen LogP contribution in [0.2, 0.25) is 0 Å². The highest BCUT2D eigenvalue weighted by Crippen LogP contribution is 2.43. The Hall–Kier alpha value is -9.97. The standard InChI is InChI=1S/C69H45N5/c1-4-18-46(19-5-1)53-24-16-25-54(44-53)50-36-34-48(35-37-50)49-38-40-51(41-39-49)57-28-10-13-31-62(57)73-63-32-14-11-29-58(63)60-42-43-61-59-30-12-15-33-64(59)74(66(61)65(60)73)69-71-67(52-22-8-3-9-23-52)70-68(72-69)56-27-17-26-55(45-56)47-20-6-2-7-21-47/h1-45H. The van der Waals surface area contributed by atoms with Crippen molar-refractivity contribution >= 4 is 43.6 Å². The van der Waals surface area contributed by atoms with Crippen molar-refractivity contribution in [2.75, 3.05) is 0 Å². The second-order valence-electron chi connectivity index (χ2n) is 18.8. The average molecular weight is 944 g/mol. The minimum absolute atomic E-state index is 0.548. The number of hydrogen-bond acceptors (Lipinski definition) is 3. The molecule has 0 amide bonds. The molecule has 5 nitrogen and oxygen atoms in total. The molecule has 0 saturated carbocycles. The van der Waals surface area contributed by atoms with Crippen LogP contribution >= 0.6 is 0 Å². The highest BCUT2D eigenvalue weighted by atomic mass is 15.2. The van der Waals surface area contributed by atoms with Gasteiger partial charge in [0.2, 0.25) is 5.95 Å². The lowest BCUT2D eigenvalue weighted by Gasteiger charge is -2.16. The van der Waals surface area contributed by atoms with Crippen LogP contribution in [0.15, 0.2) is 273 Å². The second-order valence-corrected chi connectivity index (χ2v) is 18.8. The van der Waals surface area contributed by atoms with E-state index in [9.17, 15) is 0 Å². The molecule has 5 heteroatoms. The zero-order chi connectivity index (χ0) is 49.0. The van der Waals surface area contributed by atoms with E-state index in [0.29, 0.717) is 17.6 Å². The summed E-state index contributed by atoms with van der Waals surface area (Å²) in [5.74, 6) is 1.75. The molecule has 74 heavy (non-hydrogen) atoms. The summed E-state index contributed by atoms with van der Waals surface area (Å²) < 4.78 is 4.73. The summed E-state index contributed by atoms with van der Waals surface area (Å²) >= 11 is 0. The number of benzene rings is 11. The molecule has 0 saturated heterocycles. The van der Waals surface area contributed by atoms with Gasteiger partial charge in [0, 0.05) is 38.2 Å². The molecule has 346 valence electrons. The molecule has 0 aliphatic heterocycles. The largest absolute Gasteiger partial charge is 0.307 e. The van der Waals surface area contributed by atoms with Crippen molar-refractivity contribution in [3.63, 3.8) is 0 Å². The molecule has 0 spiro atoms. The van der Waals surface area contributed by atoms with Gasteiger partial charge in [-0.2, -0.15) is 9.97 Å². The maximum absolute atomic E-state index is 5.43. The second kappa shape index (κ2) is 18.0. The first-order valence-electron chi connectivity index (χ1n) is 25.1. The van der Waals surface area contributed by atoms with Crippen LogP contribution < -0.4 is 0 Å². The maximum atomic E-state index is 5.43. The molecule has 0 bridgehead atoms. The monoisotopic (exact) mass is 943 g/mol. The quantitative estimate of drug-likeness (QED) is 0.145. The molecule has 14 aromatic rings. The van der Waals surface area contributed by atoms with Gasteiger partial charge in [0.25, 0.3) is 0 Å². The van der Waals surface area contributed by atoms with E-state index in [1.807, 2.05) is 24.3 Å². The van der Waals surface area contributed by atoms with Crippen LogP contribution in [0.3, 0.4) is 0 Å². The van der Waals surface area contributed by atoms with E-state index < -0.39 is 0 Å². The van der Waals surface area contributed by atoms with Gasteiger partial charge in [-0.3, -0.25) is 4.57 Å². The fraction of sp³-hybridized carbons (Fsp3) is 0. The molecule has 0 unspecified atom stereocenters. The Morgan fingerprint density at radius 3 is 1.18 bits per heavy atom. The number of rotatable bonds is 9. The fourth-order valence-electron chi connectivity index (χ4n) is 10.9. The number of para-hydroxylation sites is 3. The summed E-state index contributed by atoms with van der Waals surface area (Å²) in [6, 6.07) is 97.2. The highest BCUT2D eigenvalue weighted by Gasteiger charge is 2.24. The zero-order valence-electron chi connectivity index (χ0n) is 40.2. The number of fused-ring (bicyclic) bond motifs is 7. The number of nitrogens with zero attached hydrogens (tertiary/aromatic N) is 5. The van der Waals surface area contributed by atoms with Crippen molar-refractivity contribution in [1.82, 2.24) is 24.1 Å². The van der Waals surface area contributed by atoms with Crippen molar-refractivity contribution in [1.29, 1.82) is 0 Å². The Bertz CT molecular complexity index is 4380. The van der Waals surface area contributed by atoms with Crippen LogP contribution in [0.25, 0.3) is 134 Å². The third-order valence-corrected chi connectivity index (χ3v) is 14.4. The van der Waals surface area contributed by atoms with Gasteiger partial charge in [0.1, 0.15) is 0 Å². The van der Waals surface area contributed by atoms with Gasteiger partial charge in [0.05, 0.1) is 27.8 Å². The minimum atomic E-state index is 0.548. The lowest BCUT2D eigenvalue weighted by atomic mass is 9.96. The highest BCUT2D eigenvalue weighted by molar-refractivity contribution is 6.24. The van der Waals surface area contributed by atoms with E-state index in [1.54, 1.807) is 0 Å². The molecule has 0 atom stereocenters. The van der Waals surface area contributed by atoms with E-state index in [1.165, 1.54) is 33.2 Å². The molecule has 0 fully saturated rings. The van der Waals surface area contributed by atoms with Crippen LogP contribution in [-0.4, -0.2) is 24.1 Å². The average Bonchev–Trinajstić information content (AvgIpc) is 4.01. The van der Waals surface area contributed by atoms with Gasteiger partial charge >= 0.3 is 0 Å². The summed E-state index contributed by atoms with van der Waals surface area (Å²) in [5.41, 5.74) is 18.8. The summed E-state index contributed by atoms with van der Waals surface area (Å²) in [6.07, 6.45) is 0. The lowest BCUT2D eigenvalue weighted by Crippen LogP contribution is -2.07. The molecule has 0 N–H and O–H groups in total. The van der Waals surface area contributed by atoms with E-state index in [0.717, 1.165) is 82.9 Å². The van der Waals surface area contributed by atoms with Gasteiger partial charge in [-0.15, -0.1) is 0 Å². The smallest absolute Gasteiger partial charge is 0.238 e. The molecule has 3 aromatic heterocycles. The van der Waals surface area contributed by atoms with Crippen molar-refractivity contribution in [3.8, 4) is 90.0 Å². The summed E-state index contributed by atoms with van der Waals surface area (Å²) in [5, 5.41) is 4.54. The third kappa shape index (κ3) is 7.46.